The Labute approximate surface area is 113 Å². The molecule has 0 fully saturated rings. The molecule has 0 bridgehead atoms. The second kappa shape index (κ2) is 5.47. The van der Waals surface area contributed by atoms with Crippen molar-refractivity contribution < 1.29 is 0 Å². The van der Waals surface area contributed by atoms with Gasteiger partial charge in [-0.25, -0.2) is 0 Å². The van der Waals surface area contributed by atoms with Crippen molar-refractivity contribution >= 4 is 28.9 Å². The van der Waals surface area contributed by atoms with Crippen molar-refractivity contribution in [3.05, 3.63) is 27.7 Å². The average Bonchev–Trinajstić information content (AvgIpc) is 2.45. The lowest BCUT2D eigenvalue weighted by Gasteiger charge is -2.23. The highest BCUT2D eigenvalue weighted by atomic mass is 35.5. The van der Waals surface area contributed by atoms with E-state index in [1.807, 2.05) is 6.07 Å². The van der Waals surface area contributed by atoms with Gasteiger partial charge in [0.15, 0.2) is 0 Å². The fourth-order valence-electron chi connectivity index (χ4n) is 2.62. The monoisotopic (exact) mass is 272 g/mol. The van der Waals surface area contributed by atoms with Gasteiger partial charge in [0.1, 0.15) is 0 Å². The Morgan fingerprint density at radius 3 is 2.88 bits per heavy atom. The molecule has 4 heteroatoms. The molecule has 1 aromatic carbocycles. The molecule has 0 saturated heterocycles. The number of fused-ring (bicyclic) bond motifs is 1. The van der Waals surface area contributed by atoms with Crippen molar-refractivity contribution in [2.75, 3.05) is 25.0 Å². The van der Waals surface area contributed by atoms with Gasteiger partial charge in [-0.05, 0) is 43.4 Å². The maximum atomic E-state index is 6.34. The molecule has 0 aliphatic carbocycles. The van der Waals surface area contributed by atoms with Crippen LogP contribution in [0.2, 0.25) is 10.0 Å². The van der Waals surface area contributed by atoms with E-state index in [-0.39, 0.29) is 0 Å². The molecule has 1 atom stereocenters. The van der Waals surface area contributed by atoms with Crippen LogP contribution in [0.3, 0.4) is 0 Å². The van der Waals surface area contributed by atoms with E-state index in [1.54, 1.807) is 0 Å². The maximum absolute atomic E-state index is 6.34. The number of nitrogens with two attached hydrogens (primary N) is 1. The van der Waals surface area contributed by atoms with E-state index in [9.17, 15) is 0 Å². The van der Waals surface area contributed by atoms with Crippen LogP contribution >= 0.6 is 23.2 Å². The van der Waals surface area contributed by atoms with Crippen LogP contribution in [0, 0.1) is 0 Å². The van der Waals surface area contributed by atoms with Crippen LogP contribution in [-0.2, 0) is 0 Å². The van der Waals surface area contributed by atoms with Gasteiger partial charge in [0, 0.05) is 13.6 Å². The molecule has 0 amide bonds. The second-order valence-corrected chi connectivity index (χ2v) is 5.42. The number of nitrogens with zero attached hydrogens (tertiary/aromatic N) is 1. The van der Waals surface area contributed by atoms with Crippen molar-refractivity contribution in [3.8, 4) is 0 Å². The molecule has 2 nitrogen and oxygen atoms in total. The zero-order valence-corrected chi connectivity index (χ0v) is 11.6. The van der Waals surface area contributed by atoms with Gasteiger partial charge >= 0.3 is 0 Å². The summed E-state index contributed by atoms with van der Waals surface area (Å²) in [5, 5.41) is 1.31. The molecule has 1 unspecified atom stereocenters. The summed E-state index contributed by atoms with van der Waals surface area (Å²) in [6.07, 6.45) is 3.36. The fourth-order valence-corrected chi connectivity index (χ4v) is 3.08. The molecular formula is C13H18Cl2N2. The molecule has 2 N–H and O–H groups in total. The molecule has 1 aliphatic heterocycles. The molecule has 2 rings (SSSR count). The third-order valence-corrected chi connectivity index (χ3v) is 4.28. The summed E-state index contributed by atoms with van der Waals surface area (Å²) < 4.78 is 0. The van der Waals surface area contributed by atoms with Crippen molar-refractivity contribution in [2.24, 2.45) is 5.73 Å². The Hall–Kier alpha value is -0.440. The first kappa shape index (κ1) is 13.0. The fraction of sp³-hybridized carbons (Fsp3) is 0.538. The van der Waals surface area contributed by atoms with Gasteiger partial charge in [-0.3, -0.25) is 0 Å². The van der Waals surface area contributed by atoms with Crippen LogP contribution in [0.25, 0.3) is 0 Å². The standard InChI is InChI=1S/C13H18Cl2N2/c1-17-8-2-3-9(6-7-16)10-4-5-11(14)12(15)13(10)17/h4-5,9H,2-3,6-8,16H2,1H3. The molecule has 1 aromatic rings. The van der Waals surface area contributed by atoms with E-state index in [4.69, 9.17) is 28.9 Å². The van der Waals surface area contributed by atoms with Crippen LogP contribution < -0.4 is 10.6 Å². The van der Waals surface area contributed by atoms with Crippen molar-refractivity contribution in [1.82, 2.24) is 0 Å². The first-order valence-electron chi connectivity index (χ1n) is 6.04. The zero-order chi connectivity index (χ0) is 12.4. The van der Waals surface area contributed by atoms with Gasteiger partial charge < -0.3 is 10.6 Å². The molecule has 0 saturated carbocycles. The van der Waals surface area contributed by atoms with E-state index >= 15 is 0 Å². The Morgan fingerprint density at radius 1 is 1.41 bits per heavy atom. The average molecular weight is 273 g/mol. The lowest BCUT2D eigenvalue weighted by Crippen LogP contribution is -2.18. The summed E-state index contributed by atoms with van der Waals surface area (Å²) in [4.78, 5) is 2.21. The van der Waals surface area contributed by atoms with Crippen molar-refractivity contribution in [3.63, 3.8) is 0 Å². The molecule has 1 aliphatic rings. The number of hydrogen-bond donors (Lipinski definition) is 1. The molecule has 17 heavy (non-hydrogen) atoms. The highest BCUT2D eigenvalue weighted by Gasteiger charge is 2.23. The molecular weight excluding hydrogens is 255 g/mol. The molecule has 0 radical (unpaired) electrons. The number of hydrogen-bond acceptors (Lipinski definition) is 2. The smallest absolute Gasteiger partial charge is 0.0828 e. The predicted octanol–water partition coefficient (Wildman–Crippen LogP) is 3.66. The van der Waals surface area contributed by atoms with E-state index in [0.717, 1.165) is 18.7 Å². The number of halogens is 2. The summed E-state index contributed by atoms with van der Waals surface area (Å²) >= 11 is 12.4. The molecule has 1 heterocycles. The summed E-state index contributed by atoms with van der Waals surface area (Å²) in [5.41, 5.74) is 8.09. The summed E-state index contributed by atoms with van der Waals surface area (Å²) in [5.74, 6) is 0.509. The van der Waals surface area contributed by atoms with Gasteiger partial charge in [-0.15, -0.1) is 0 Å². The van der Waals surface area contributed by atoms with Gasteiger partial charge in [0.05, 0.1) is 15.7 Å². The summed E-state index contributed by atoms with van der Waals surface area (Å²) in [6, 6.07) is 4.00. The Balaban J connectivity index is 2.49. The quantitative estimate of drug-likeness (QED) is 0.891. The minimum atomic E-state index is 0.509. The number of anilines is 1. The van der Waals surface area contributed by atoms with Gasteiger partial charge in [-0.1, -0.05) is 29.3 Å². The number of benzene rings is 1. The van der Waals surface area contributed by atoms with Crippen molar-refractivity contribution in [2.45, 2.75) is 25.2 Å². The molecule has 0 spiro atoms. The largest absolute Gasteiger partial charge is 0.373 e. The van der Waals surface area contributed by atoms with Crippen LogP contribution in [0.1, 0.15) is 30.7 Å². The molecule has 94 valence electrons. The van der Waals surface area contributed by atoms with Crippen molar-refractivity contribution in [1.29, 1.82) is 0 Å². The van der Waals surface area contributed by atoms with Gasteiger partial charge in [0.2, 0.25) is 0 Å². The topological polar surface area (TPSA) is 29.3 Å². The first-order chi connectivity index (χ1) is 8.15. The highest BCUT2D eigenvalue weighted by Crippen LogP contribution is 2.42. The third kappa shape index (κ3) is 2.54. The minimum absolute atomic E-state index is 0.509. The van der Waals surface area contributed by atoms with E-state index < -0.39 is 0 Å². The van der Waals surface area contributed by atoms with E-state index in [0.29, 0.717) is 22.5 Å². The van der Waals surface area contributed by atoms with Crippen LogP contribution in [0.15, 0.2) is 12.1 Å². The maximum Gasteiger partial charge on any atom is 0.0828 e. The predicted molar refractivity (Wildman–Crippen MR) is 75.4 cm³/mol. The normalized spacial score (nSPS) is 20.0. The minimum Gasteiger partial charge on any atom is -0.373 e. The Morgan fingerprint density at radius 2 is 2.18 bits per heavy atom. The SMILES string of the molecule is CN1CCCC(CCN)c2ccc(Cl)c(Cl)c21. The molecule has 0 aromatic heterocycles. The van der Waals surface area contributed by atoms with E-state index in [2.05, 4.69) is 18.0 Å². The highest BCUT2D eigenvalue weighted by molar-refractivity contribution is 6.43. The summed E-state index contributed by atoms with van der Waals surface area (Å²) in [7, 11) is 2.08. The van der Waals surface area contributed by atoms with Crippen LogP contribution in [0.4, 0.5) is 5.69 Å². The first-order valence-corrected chi connectivity index (χ1v) is 6.80. The zero-order valence-electron chi connectivity index (χ0n) is 10.0. The Kier molecular flexibility index (Phi) is 4.18. The Bertz CT molecular complexity index is 407. The van der Waals surface area contributed by atoms with Crippen LogP contribution in [-0.4, -0.2) is 20.1 Å². The van der Waals surface area contributed by atoms with Gasteiger partial charge in [-0.2, -0.15) is 0 Å². The lowest BCUT2D eigenvalue weighted by atomic mass is 9.91. The van der Waals surface area contributed by atoms with E-state index in [1.165, 1.54) is 18.4 Å². The third-order valence-electron chi connectivity index (χ3n) is 3.48. The number of rotatable bonds is 2. The van der Waals surface area contributed by atoms with Gasteiger partial charge in [0.25, 0.3) is 0 Å². The summed E-state index contributed by atoms with van der Waals surface area (Å²) in [6.45, 7) is 1.74. The second-order valence-electron chi connectivity index (χ2n) is 4.64. The lowest BCUT2D eigenvalue weighted by molar-refractivity contribution is 0.576. The van der Waals surface area contributed by atoms with Crippen LogP contribution in [0.5, 0.6) is 0 Å².